The van der Waals surface area contributed by atoms with E-state index in [0.717, 1.165) is 69.8 Å². The third-order valence-corrected chi connectivity index (χ3v) is 8.17. The van der Waals surface area contributed by atoms with Gasteiger partial charge >= 0.3 is 0 Å². The minimum absolute atomic E-state index is 0.156. The van der Waals surface area contributed by atoms with E-state index in [4.69, 9.17) is 0 Å². The van der Waals surface area contributed by atoms with E-state index in [9.17, 15) is 9.59 Å². The summed E-state index contributed by atoms with van der Waals surface area (Å²) in [7, 11) is 0. The van der Waals surface area contributed by atoms with E-state index in [2.05, 4.69) is 15.5 Å². The summed E-state index contributed by atoms with van der Waals surface area (Å²) in [4.78, 5) is 27.9. The van der Waals surface area contributed by atoms with Crippen LogP contribution in [0.4, 0.5) is 0 Å². The third kappa shape index (κ3) is 3.64. The SMILES string of the molecule is O=C(C1CCC(NC(=O)[C@@]23CCCC[C@H]2CNC3)CC1)N1CCSCC1. The van der Waals surface area contributed by atoms with Crippen molar-refractivity contribution in [3.63, 3.8) is 0 Å². The molecule has 6 heteroatoms. The summed E-state index contributed by atoms with van der Waals surface area (Å²) < 4.78 is 0. The second-order valence-corrected chi connectivity index (χ2v) is 9.91. The maximum atomic E-state index is 13.1. The molecule has 5 nitrogen and oxygen atoms in total. The number of rotatable bonds is 3. The highest BCUT2D eigenvalue weighted by Crippen LogP contribution is 2.44. The summed E-state index contributed by atoms with van der Waals surface area (Å²) >= 11 is 1.94. The van der Waals surface area contributed by atoms with Crippen molar-refractivity contribution in [3.05, 3.63) is 0 Å². The second kappa shape index (κ2) is 8.09. The molecule has 2 amide bonds. The van der Waals surface area contributed by atoms with Gasteiger partial charge in [0, 0.05) is 43.1 Å². The van der Waals surface area contributed by atoms with E-state index in [-0.39, 0.29) is 23.3 Å². The Hall–Kier alpha value is -0.750. The van der Waals surface area contributed by atoms with Gasteiger partial charge in [-0.15, -0.1) is 0 Å². The molecule has 0 bridgehead atoms. The monoisotopic (exact) mass is 379 g/mol. The maximum absolute atomic E-state index is 13.1. The predicted octanol–water partition coefficient (Wildman–Crippen LogP) is 2.02. The first-order chi connectivity index (χ1) is 12.7. The van der Waals surface area contributed by atoms with Gasteiger partial charge in [0.1, 0.15) is 0 Å². The summed E-state index contributed by atoms with van der Waals surface area (Å²) in [6.07, 6.45) is 8.46. The van der Waals surface area contributed by atoms with Crippen LogP contribution < -0.4 is 10.6 Å². The van der Waals surface area contributed by atoms with Crippen molar-refractivity contribution >= 4 is 23.6 Å². The Morgan fingerprint density at radius 3 is 2.58 bits per heavy atom. The van der Waals surface area contributed by atoms with E-state index in [1.54, 1.807) is 0 Å². The highest BCUT2D eigenvalue weighted by atomic mass is 32.2. The molecular weight excluding hydrogens is 346 g/mol. The number of fused-ring (bicyclic) bond motifs is 1. The standard InChI is InChI=1S/C20H33N3O2S/c24-18(23-9-11-26-12-10-23)15-4-6-17(7-5-15)22-19(25)20-8-2-1-3-16(20)13-21-14-20/h15-17,21H,1-14H2,(H,22,25)/t15?,16-,17?,20+/m0/s1. The lowest BCUT2D eigenvalue weighted by atomic mass is 9.67. The van der Waals surface area contributed by atoms with E-state index in [1.165, 1.54) is 19.3 Å². The van der Waals surface area contributed by atoms with Crippen LogP contribution in [-0.2, 0) is 9.59 Å². The zero-order valence-corrected chi connectivity index (χ0v) is 16.6. The van der Waals surface area contributed by atoms with Gasteiger partial charge in [0.05, 0.1) is 5.41 Å². The first-order valence-corrected chi connectivity index (χ1v) is 11.7. The van der Waals surface area contributed by atoms with Crippen molar-refractivity contribution in [1.29, 1.82) is 0 Å². The summed E-state index contributed by atoms with van der Waals surface area (Å²) in [6.45, 7) is 3.68. The van der Waals surface area contributed by atoms with E-state index < -0.39 is 0 Å². The smallest absolute Gasteiger partial charge is 0.228 e. The average molecular weight is 380 g/mol. The van der Waals surface area contributed by atoms with Crippen LogP contribution in [0.15, 0.2) is 0 Å². The molecule has 0 aromatic heterocycles. The highest BCUT2D eigenvalue weighted by molar-refractivity contribution is 7.99. The van der Waals surface area contributed by atoms with Gasteiger partial charge in [-0.05, 0) is 51.0 Å². The number of amides is 2. The largest absolute Gasteiger partial charge is 0.353 e. The zero-order valence-electron chi connectivity index (χ0n) is 15.8. The van der Waals surface area contributed by atoms with Crippen LogP contribution >= 0.6 is 11.8 Å². The van der Waals surface area contributed by atoms with Crippen LogP contribution in [0.3, 0.4) is 0 Å². The number of nitrogens with zero attached hydrogens (tertiary/aromatic N) is 1. The van der Waals surface area contributed by atoms with Crippen molar-refractivity contribution in [3.8, 4) is 0 Å². The summed E-state index contributed by atoms with van der Waals surface area (Å²) in [6, 6.07) is 0.265. The fraction of sp³-hybridized carbons (Fsp3) is 0.900. The van der Waals surface area contributed by atoms with Crippen molar-refractivity contribution in [2.75, 3.05) is 37.7 Å². The fourth-order valence-electron chi connectivity index (χ4n) is 5.55. The van der Waals surface area contributed by atoms with Gasteiger partial charge in [0.15, 0.2) is 0 Å². The van der Waals surface area contributed by atoms with E-state index in [0.29, 0.717) is 11.8 Å². The molecule has 146 valence electrons. The topological polar surface area (TPSA) is 61.4 Å². The molecular formula is C20H33N3O2S. The molecule has 26 heavy (non-hydrogen) atoms. The van der Waals surface area contributed by atoms with Gasteiger partial charge < -0.3 is 15.5 Å². The number of hydrogen-bond acceptors (Lipinski definition) is 4. The van der Waals surface area contributed by atoms with Gasteiger partial charge in [0.2, 0.25) is 11.8 Å². The number of nitrogens with one attached hydrogen (secondary N) is 2. The van der Waals surface area contributed by atoms with E-state index in [1.807, 2.05) is 11.8 Å². The maximum Gasteiger partial charge on any atom is 0.228 e. The van der Waals surface area contributed by atoms with E-state index >= 15 is 0 Å². The molecule has 0 radical (unpaired) electrons. The summed E-state index contributed by atoms with van der Waals surface area (Å²) in [5.74, 6) is 3.50. The van der Waals surface area contributed by atoms with Crippen LogP contribution in [0.1, 0.15) is 51.4 Å². The molecule has 0 spiro atoms. The van der Waals surface area contributed by atoms with Gasteiger partial charge in [0.25, 0.3) is 0 Å². The number of carbonyl (C=O) groups is 2. The summed E-state index contributed by atoms with van der Waals surface area (Å²) in [5.41, 5.74) is -0.156. The molecule has 0 aromatic rings. The molecule has 2 aliphatic heterocycles. The Morgan fingerprint density at radius 1 is 1.04 bits per heavy atom. The van der Waals surface area contributed by atoms with Crippen molar-refractivity contribution < 1.29 is 9.59 Å². The Morgan fingerprint density at radius 2 is 1.81 bits per heavy atom. The second-order valence-electron chi connectivity index (χ2n) is 8.69. The fourth-order valence-corrected chi connectivity index (χ4v) is 6.45. The Kier molecular flexibility index (Phi) is 5.79. The first kappa shape index (κ1) is 18.6. The van der Waals surface area contributed by atoms with Crippen LogP contribution in [-0.4, -0.2) is 60.4 Å². The molecule has 4 rings (SSSR count). The number of hydrogen-bond donors (Lipinski definition) is 2. The van der Waals surface area contributed by atoms with Crippen molar-refractivity contribution in [2.45, 2.75) is 57.4 Å². The van der Waals surface area contributed by atoms with Crippen LogP contribution in [0.5, 0.6) is 0 Å². The molecule has 2 saturated heterocycles. The lowest BCUT2D eigenvalue weighted by Gasteiger charge is -2.39. The normalized spacial score (nSPS) is 37.8. The molecule has 2 heterocycles. The molecule has 2 atom stereocenters. The molecule has 0 unspecified atom stereocenters. The summed E-state index contributed by atoms with van der Waals surface area (Å²) in [5, 5.41) is 6.85. The lowest BCUT2D eigenvalue weighted by molar-refractivity contribution is -0.136. The van der Waals surface area contributed by atoms with Gasteiger partial charge in [-0.2, -0.15) is 11.8 Å². The minimum atomic E-state index is -0.156. The number of thioether (sulfide) groups is 1. The Balaban J connectivity index is 1.28. The molecule has 2 N–H and O–H groups in total. The molecule has 2 aliphatic carbocycles. The predicted molar refractivity (Wildman–Crippen MR) is 105 cm³/mol. The van der Waals surface area contributed by atoms with Crippen LogP contribution in [0.25, 0.3) is 0 Å². The Labute approximate surface area is 161 Å². The van der Waals surface area contributed by atoms with Crippen molar-refractivity contribution in [2.24, 2.45) is 17.3 Å². The van der Waals surface area contributed by atoms with Gasteiger partial charge in [-0.3, -0.25) is 9.59 Å². The molecule has 0 aromatic carbocycles. The number of carbonyl (C=O) groups excluding carboxylic acids is 2. The van der Waals surface area contributed by atoms with Crippen LogP contribution in [0, 0.1) is 17.3 Å². The lowest BCUT2D eigenvalue weighted by Crippen LogP contribution is -2.52. The Bertz CT molecular complexity index is 529. The van der Waals surface area contributed by atoms with Gasteiger partial charge in [-0.25, -0.2) is 0 Å². The first-order valence-electron chi connectivity index (χ1n) is 10.6. The minimum Gasteiger partial charge on any atom is -0.353 e. The molecule has 4 aliphatic rings. The molecule has 2 saturated carbocycles. The highest BCUT2D eigenvalue weighted by Gasteiger charge is 2.50. The van der Waals surface area contributed by atoms with Gasteiger partial charge in [-0.1, -0.05) is 12.8 Å². The van der Waals surface area contributed by atoms with Crippen LogP contribution in [0.2, 0.25) is 0 Å². The quantitative estimate of drug-likeness (QED) is 0.788. The molecule has 4 fully saturated rings. The average Bonchev–Trinajstić information content (AvgIpc) is 3.14. The van der Waals surface area contributed by atoms with Crippen molar-refractivity contribution in [1.82, 2.24) is 15.5 Å². The zero-order chi connectivity index (χ0) is 18.0. The third-order valence-electron chi connectivity index (χ3n) is 7.22.